The molecule has 0 radical (unpaired) electrons. The van der Waals surface area contributed by atoms with Crippen LogP contribution < -0.4 is 47.7 Å². The van der Waals surface area contributed by atoms with Crippen LogP contribution in [-0.2, 0) is 74.0 Å². The first-order valence-corrected chi connectivity index (χ1v) is 37.9. The highest BCUT2D eigenvalue weighted by Crippen LogP contribution is 2.35. The van der Waals surface area contributed by atoms with Gasteiger partial charge in [-0.3, -0.25) is 19.2 Å². The van der Waals surface area contributed by atoms with Gasteiger partial charge in [0.1, 0.15) is 110 Å². The number of carboxylic acid groups (broad SMARTS) is 2. The monoisotopic (exact) mass is 1520 g/mol. The number of carbonyl (C=O) groups is 4. The molecule has 0 aliphatic carbocycles. The van der Waals surface area contributed by atoms with Gasteiger partial charge in [0.2, 0.25) is 0 Å². The molecule has 0 saturated carbocycles. The van der Waals surface area contributed by atoms with Crippen LogP contribution in [0.2, 0.25) is 0 Å². The molecule has 6 fully saturated rings. The van der Waals surface area contributed by atoms with Crippen LogP contribution in [0.25, 0.3) is 32.7 Å². The third kappa shape index (κ3) is 25.9. The molecule has 6 heterocycles. The number of quaternary nitrogens is 5. The molecule has 0 amide bonds. The minimum Gasteiger partial charge on any atom is -1.00 e. The molecular formula is C84H116Cl3N8O9P+2. The van der Waals surface area contributed by atoms with Crippen molar-refractivity contribution in [1.82, 2.24) is 0 Å². The molecule has 4 bridgehead atoms. The molecule has 0 spiro atoms. The van der Waals surface area contributed by atoms with E-state index in [0.717, 1.165) is 101 Å². The number of ether oxygens (including phenoxy) is 3. The second kappa shape index (κ2) is 42.8. The standard InChI is InChI=1S/C46H57N5O5.C34H41N3O4.C2H7P.2CH4.3ClH/c1-46(2,3)56-45(53)43(42(31-35-9-6-5-7-10-35)44(52)55-34-38-15-21-41(54-4)22-16-38)32-36-11-17-39(18-12-36)40-19-13-37(14-20-40)33-51-28-25-50(26-29-51,27-30-51)24-8-23-48-49-47;35-15-4-16-36-17-20-37(21-18-36,22-19-36)25-28-9-13-30(14-10-28)29-11-7-27(8-12-29)24-32(34(40)41)31(33(38)39)23-26-5-2-1-3-6-26;1-3-2;;;;;/h5-7,9-22,42-43H,8,23-34H2,1-4H3;1-3,5-14,31-32H,4,15-25,35H2;3H,1-2H3;2*1H4;3*1H/q+2;;;;;;;/t42-,43+,50?,51?;31-,32-,36?,37?;;;;;;/m10....../s1. The van der Waals surface area contributed by atoms with Crippen LogP contribution in [0.1, 0.15) is 87.4 Å². The van der Waals surface area contributed by atoms with Crippen molar-refractivity contribution in [3.63, 3.8) is 0 Å². The first kappa shape index (κ1) is 90.0. The zero-order chi connectivity index (χ0) is 71.2. The summed E-state index contributed by atoms with van der Waals surface area (Å²) in [5, 5.41) is 23.5. The number of methoxy groups -OCH3 is 1. The second-order valence-electron chi connectivity index (χ2n) is 29.5. The molecule has 17 nitrogen and oxygen atoms in total. The Morgan fingerprint density at radius 2 is 0.790 bits per heavy atom. The molecule has 6 aliphatic rings. The minimum absolute atomic E-state index is 0. The highest BCUT2D eigenvalue weighted by atomic mass is 35.5. The maximum Gasteiger partial charge on any atom is 0.310 e. The quantitative estimate of drug-likeness (QED) is 0.0107. The number of rotatable bonds is 30. The zero-order valence-electron chi connectivity index (χ0n) is 61.0. The largest absolute Gasteiger partial charge is 1.00 e. The Hall–Kier alpha value is -7.37. The van der Waals surface area contributed by atoms with Crippen LogP contribution in [0.4, 0.5) is 0 Å². The van der Waals surface area contributed by atoms with E-state index in [2.05, 4.69) is 102 Å². The van der Waals surface area contributed by atoms with Crippen LogP contribution >= 0.6 is 8.58 Å². The van der Waals surface area contributed by atoms with Gasteiger partial charge in [0.25, 0.3) is 0 Å². The van der Waals surface area contributed by atoms with Gasteiger partial charge in [0, 0.05) is 35.4 Å². The second-order valence-corrected chi connectivity index (χ2v) is 30.5. The number of fused-ring (bicyclic) bond motifs is 6. The summed E-state index contributed by atoms with van der Waals surface area (Å²) < 4.78 is 22.0. The Bertz CT molecular complexity index is 3760. The molecular weight excluding hydrogens is 1400 g/mol. The smallest absolute Gasteiger partial charge is 0.310 e. The normalized spacial score (nSPS) is 19.9. The van der Waals surface area contributed by atoms with E-state index >= 15 is 0 Å². The number of esters is 2. The predicted octanol–water partition coefficient (Wildman–Crippen LogP) is 4.87. The molecule has 13 rings (SSSR count). The molecule has 7 aromatic carbocycles. The number of carbonyl (C=O) groups excluding carboxylic acids is 2. The van der Waals surface area contributed by atoms with Gasteiger partial charge in [0.15, 0.2) is 0 Å². The summed E-state index contributed by atoms with van der Waals surface area (Å²) in [5.74, 6) is -5.82. The highest BCUT2D eigenvalue weighted by molar-refractivity contribution is 7.35. The lowest BCUT2D eigenvalue weighted by molar-refractivity contribution is -1.09. The van der Waals surface area contributed by atoms with E-state index in [4.69, 9.17) is 19.7 Å². The van der Waals surface area contributed by atoms with Crippen molar-refractivity contribution < 1.29 is 104 Å². The number of hydrogen-bond acceptors (Lipinski definition) is 8. The summed E-state index contributed by atoms with van der Waals surface area (Å²) in [4.78, 5) is 55.1. The maximum atomic E-state index is 14.0. The molecule has 0 aromatic heterocycles. The third-order valence-electron chi connectivity index (χ3n) is 21.3. The van der Waals surface area contributed by atoms with E-state index in [1.807, 2.05) is 130 Å². The predicted molar refractivity (Wildman–Crippen MR) is 411 cm³/mol. The molecule has 570 valence electrons. The topological polar surface area (TPSA) is 213 Å². The van der Waals surface area contributed by atoms with Crippen LogP contribution in [0.15, 0.2) is 187 Å². The number of aliphatic carboxylic acids is 2. The molecule has 7 aromatic rings. The van der Waals surface area contributed by atoms with Crippen LogP contribution in [0.5, 0.6) is 5.75 Å². The molecule has 6 aliphatic heterocycles. The Labute approximate surface area is 645 Å². The SMILES string of the molecule is C.C.COc1ccc(COC(=O)[C@H](Cc2ccccc2)[C@H](Cc2ccc(-c3ccc(C[N+]45CC[N+](CCCN=[N+]=[N-])(CC4)CC5)cc3)cc2)C(=O)OC(C)(C)C)cc1.CPC.[Cl-].[Cl-].[Cl-].[NH3+]CCC[N+]12CC[N+](Cc3ccc(-c4ccc(C[C@H](C(=O)O)[C@H](Cc5ccccc5)C(=O)O)cc4)cc3)(CC1)CC2. The van der Waals surface area contributed by atoms with Crippen LogP contribution in [0, 0.1) is 23.7 Å². The van der Waals surface area contributed by atoms with Crippen molar-refractivity contribution >= 4 is 32.5 Å². The molecule has 21 heteroatoms. The highest BCUT2D eigenvalue weighted by Gasteiger charge is 2.50. The summed E-state index contributed by atoms with van der Waals surface area (Å²) in [7, 11) is 2.69. The lowest BCUT2D eigenvalue weighted by Gasteiger charge is -2.55. The average molecular weight is 1520 g/mol. The van der Waals surface area contributed by atoms with Crippen molar-refractivity contribution in [2.75, 3.05) is 125 Å². The van der Waals surface area contributed by atoms with Crippen molar-refractivity contribution in [1.29, 1.82) is 0 Å². The van der Waals surface area contributed by atoms with Crippen molar-refractivity contribution in [2.24, 2.45) is 28.8 Å². The number of azide groups is 1. The van der Waals surface area contributed by atoms with E-state index in [0.29, 0.717) is 19.4 Å². The first-order chi connectivity index (χ1) is 48.2. The van der Waals surface area contributed by atoms with E-state index in [1.165, 1.54) is 116 Å². The average Bonchev–Trinajstić information content (AvgIpc) is 0.762. The number of benzene rings is 7. The number of piperazine rings is 6. The van der Waals surface area contributed by atoms with Gasteiger partial charge in [-0.1, -0.05) is 190 Å². The Balaban J connectivity index is 0.000000425. The fourth-order valence-corrected chi connectivity index (χ4v) is 15.2. The fourth-order valence-electron chi connectivity index (χ4n) is 15.2. The zero-order valence-corrected chi connectivity index (χ0v) is 64.3. The Morgan fingerprint density at radius 3 is 1.12 bits per heavy atom. The van der Waals surface area contributed by atoms with E-state index in [1.54, 1.807) is 7.11 Å². The van der Waals surface area contributed by atoms with E-state index in [-0.39, 0.29) is 71.5 Å². The molecule has 6 saturated heterocycles. The van der Waals surface area contributed by atoms with E-state index in [9.17, 15) is 29.4 Å². The summed E-state index contributed by atoms with van der Waals surface area (Å²) in [6, 6.07) is 60.4. The Kier molecular flexibility index (Phi) is 36.7. The van der Waals surface area contributed by atoms with Gasteiger partial charge >= 0.3 is 23.9 Å². The van der Waals surface area contributed by atoms with E-state index < -0.39 is 53.1 Å². The summed E-state index contributed by atoms with van der Waals surface area (Å²) in [5.41, 5.74) is 23.5. The van der Waals surface area contributed by atoms with Crippen LogP contribution in [0.3, 0.4) is 0 Å². The van der Waals surface area contributed by atoms with Gasteiger partial charge in [-0.05, 0) is 128 Å². The molecule has 4 atom stereocenters. The van der Waals surface area contributed by atoms with Crippen molar-refractivity contribution in [2.45, 2.75) is 99.4 Å². The molecule has 0 unspecified atom stereocenters. The van der Waals surface area contributed by atoms with Gasteiger partial charge < -0.3 is 85.3 Å². The third-order valence-corrected chi connectivity index (χ3v) is 21.3. The summed E-state index contributed by atoms with van der Waals surface area (Å²) in [6.07, 6.45) is 3.24. The molecule has 105 heavy (non-hydrogen) atoms. The number of halogens is 3. The number of nitrogens with zero attached hydrogens (tertiary/aromatic N) is 7. The maximum absolute atomic E-state index is 14.0. The first-order valence-electron chi connectivity index (χ1n) is 35.9. The fraction of sp³-hybridized carbons (Fsp3) is 0.452. The van der Waals surface area contributed by atoms with Gasteiger partial charge in [-0.15, -0.1) is 8.58 Å². The van der Waals surface area contributed by atoms with Crippen LogP contribution in [-0.4, -0.2) is 183 Å². The molecule has 5 N–H and O–H groups in total. The van der Waals surface area contributed by atoms with Gasteiger partial charge in [0.05, 0.1) is 50.4 Å². The lowest BCUT2D eigenvalue weighted by atomic mass is 9.82. The van der Waals surface area contributed by atoms with Gasteiger partial charge in [-0.25, -0.2) is 0 Å². The number of hydrogen-bond donors (Lipinski definition) is 3. The Morgan fingerprint density at radius 1 is 0.476 bits per heavy atom. The van der Waals surface area contributed by atoms with Crippen molar-refractivity contribution in [3.8, 4) is 28.0 Å². The summed E-state index contributed by atoms with van der Waals surface area (Å²) in [6.45, 7) is 31.0. The lowest BCUT2D eigenvalue weighted by Crippen LogP contribution is -3.00. The summed E-state index contributed by atoms with van der Waals surface area (Å²) >= 11 is 0. The minimum atomic E-state index is -1.08. The number of carboxylic acids is 2. The van der Waals surface area contributed by atoms with Crippen molar-refractivity contribution in [3.05, 3.63) is 231 Å². The van der Waals surface area contributed by atoms with Gasteiger partial charge in [-0.2, -0.15) is 0 Å².